The summed E-state index contributed by atoms with van der Waals surface area (Å²) in [5, 5.41) is 3.22. The van der Waals surface area contributed by atoms with Crippen molar-refractivity contribution in [1.29, 1.82) is 0 Å². The monoisotopic (exact) mass is 246 g/mol. The minimum atomic E-state index is -0.279. The third-order valence-corrected chi connectivity index (χ3v) is 2.79. The van der Waals surface area contributed by atoms with E-state index in [2.05, 4.69) is 5.32 Å². The Hall–Kier alpha value is -0.650. The molecule has 0 bridgehead atoms. The molecule has 5 heteroatoms. The maximum Gasteiger partial charge on any atom is 0.223 e. The van der Waals surface area contributed by atoms with Crippen molar-refractivity contribution in [2.24, 2.45) is 0 Å². The van der Waals surface area contributed by atoms with Crippen LogP contribution < -0.4 is 5.32 Å². The van der Waals surface area contributed by atoms with Crippen LogP contribution in [0, 0.1) is 0 Å². The highest BCUT2D eigenvalue weighted by molar-refractivity contribution is 5.76. The van der Waals surface area contributed by atoms with Crippen molar-refractivity contribution < 1.29 is 14.3 Å². The standard InChI is InChI=1S/C12H26N2O3/c1-6-14(7-2)11(15)8-9-13-10(3)12(16-4)17-5/h10,12-13H,6-9H2,1-5H3. The molecule has 0 aliphatic rings. The quantitative estimate of drug-likeness (QED) is 0.613. The van der Waals surface area contributed by atoms with E-state index in [0.717, 1.165) is 13.1 Å². The summed E-state index contributed by atoms with van der Waals surface area (Å²) in [6, 6.07) is 0.0644. The lowest BCUT2D eigenvalue weighted by molar-refractivity contribution is -0.131. The second kappa shape index (κ2) is 9.39. The first kappa shape index (κ1) is 16.4. The Morgan fingerprint density at radius 3 is 2.18 bits per heavy atom. The minimum absolute atomic E-state index is 0.0644. The molecule has 5 nitrogen and oxygen atoms in total. The van der Waals surface area contributed by atoms with E-state index < -0.39 is 0 Å². The van der Waals surface area contributed by atoms with Crippen molar-refractivity contribution in [1.82, 2.24) is 10.2 Å². The molecule has 1 N–H and O–H groups in total. The Labute approximate surface area is 104 Å². The predicted molar refractivity (Wildman–Crippen MR) is 67.8 cm³/mol. The zero-order chi connectivity index (χ0) is 13.3. The fourth-order valence-electron chi connectivity index (χ4n) is 1.74. The second-order valence-corrected chi connectivity index (χ2v) is 3.90. The van der Waals surface area contributed by atoms with Crippen LogP contribution in [0.15, 0.2) is 0 Å². The van der Waals surface area contributed by atoms with Gasteiger partial charge in [-0.25, -0.2) is 0 Å². The smallest absolute Gasteiger partial charge is 0.223 e. The normalized spacial score (nSPS) is 12.8. The fraction of sp³-hybridized carbons (Fsp3) is 0.917. The first-order valence-corrected chi connectivity index (χ1v) is 6.17. The van der Waals surface area contributed by atoms with Crippen LogP contribution in [0.4, 0.5) is 0 Å². The Morgan fingerprint density at radius 1 is 1.24 bits per heavy atom. The van der Waals surface area contributed by atoms with Gasteiger partial charge in [-0.2, -0.15) is 0 Å². The summed E-state index contributed by atoms with van der Waals surface area (Å²) in [4.78, 5) is 13.5. The average molecular weight is 246 g/mol. The van der Waals surface area contributed by atoms with Crippen LogP contribution in [0.2, 0.25) is 0 Å². The van der Waals surface area contributed by atoms with Crippen LogP contribution >= 0.6 is 0 Å². The zero-order valence-electron chi connectivity index (χ0n) is 11.7. The van der Waals surface area contributed by atoms with Crippen molar-refractivity contribution in [3.63, 3.8) is 0 Å². The Kier molecular flexibility index (Phi) is 9.03. The van der Waals surface area contributed by atoms with Crippen LogP contribution in [0.3, 0.4) is 0 Å². The summed E-state index contributed by atoms with van der Waals surface area (Å²) in [5.74, 6) is 0.182. The third kappa shape index (κ3) is 6.00. The van der Waals surface area contributed by atoms with Crippen molar-refractivity contribution in [2.75, 3.05) is 33.9 Å². The minimum Gasteiger partial charge on any atom is -0.354 e. The molecule has 0 saturated heterocycles. The summed E-state index contributed by atoms with van der Waals surface area (Å²) in [7, 11) is 3.21. The van der Waals surface area contributed by atoms with E-state index in [1.165, 1.54) is 0 Å². The lowest BCUT2D eigenvalue weighted by Crippen LogP contribution is -2.41. The van der Waals surface area contributed by atoms with Crippen molar-refractivity contribution in [3.8, 4) is 0 Å². The molecule has 0 saturated carbocycles. The molecule has 0 aromatic rings. The Balaban J connectivity index is 3.86. The molecule has 0 aromatic heterocycles. The van der Waals surface area contributed by atoms with Crippen molar-refractivity contribution in [2.45, 2.75) is 39.5 Å². The molecular weight excluding hydrogens is 220 g/mol. The first-order chi connectivity index (χ1) is 8.10. The summed E-state index contributed by atoms with van der Waals surface area (Å²) >= 11 is 0. The lowest BCUT2D eigenvalue weighted by Gasteiger charge is -2.23. The molecule has 0 aliphatic carbocycles. The van der Waals surface area contributed by atoms with E-state index >= 15 is 0 Å². The Bertz CT molecular complexity index is 204. The molecule has 0 aliphatic heterocycles. The van der Waals surface area contributed by atoms with Gasteiger partial charge in [0, 0.05) is 40.3 Å². The van der Waals surface area contributed by atoms with Gasteiger partial charge in [0.1, 0.15) is 0 Å². The van der Waals surface area contributed by atoms with Gasteiger partial charge >= 0.3 is 0 Å². The number of ether oxygens (including phenoxy) is 2. The molecule has 0 rings (SSSR count). The number of hydrogen-bond acceptors (Lipinski definition) is 4. The highest BCUT2D eigenvalue weighted by Crippen LogP contribution is 1.99. The van der Waals surface area contributed by atoms with Gasteiger partial charge in [0.15, 0.2) is 6.29 Å². The first-order valence-electron chi connectivity index (χ1n) is 6.17. The number of rotatable bonds is 9. The van der Waals surface area contributed by atoms with Crippen LogP contribution in [-0.4, -0.2) is 57.0 Å². The number of carbonyl (C=O) groups excluding carboxylic acids is 1. The van der Waals surface area contributed by atoms with Crippen molar-refractivity contribution >= 4 is 5.91 Å². The number of methoxy groups -OCH3 is 2. The number of nitrogens with one attached hydrogen (secondary N) is 1. The molecule has 1 atom stereocenters. The van der Waals surface area contributed by atoms with Crippen LogP contribution in [-0.2, 0) is 14.3 Å². The van der Waals surface area contributed by atoms with E-state index in [4.69, 9.17) is 9.47 Å². The molecule has 17 heavy (non-hydrogen) atoms. The van der Waals surface area contributed by atoms with Gasteiger partial charge in [0.05, 0.1) is 6.04 Å². The van der Waals surface area contributed by atoms with Crippen LogP contribution in [0.25, 0.3) is 0 Å². The van der Waals surface area contributed by atoms with Gasteiger partial charge in [-0.15, -0.1) is 0 Å². The van der Waals surface area contributed by atoms with Gasteiger partial charge in [0.25, 0.3) is 0 Å². The summed E-state index contributed by atoms with van der Waals surface area (Å²) in [6.07, 6.45) is 0.227. The molecule has 0 heterocycles. The SMILES string of the molecule is CCN(CC)C(=O)CCNC(C)C(OC)OC. The molecule has 1 unspecified atom stereocenters. The molecule has 0 radical (unpaired) electrons. The topological polar surface area (TPSA) is 50.8 Å². The van der Waals surface area contributed by atoms with Crippen LogP contribution in [0.1, 0.15) is 27.2 Å². The number of nitrogens with zero attached hydrogens (tertiary/aromatic N) is 1. The maximum atomic E-state index is 11.7. The third-order valence-electron chi connectivity index (χ3n) is 2.79. The summed E-state index contributed by atoms with van der Waals surface area (Å²) in [6.45, 7) is 8.12. The second-order valence-electron chi connectivity index (χ2n) is 3.90. The van der Waals surface area contributed by atoms with Gasteiger partial charge in [-0.3, -0.25) is 4.79 Å². The fourth-order valence-corrected chi connectivity index (χ4v) is 1.74. The van der Waals surface area contributed by atoms with Crippen molar-refractivity contribution in [3.05, 3.63) is 0 Å². The van der Waals surface area contributed by atoms with E-state index in [0.29, 0.717) is 13.0 Å². The Morgan fingerprint density at radius 2 is 1.76 bits per heavy atom. The molecular formula is C12H26N2O3. The number of hydrogen-bond donors (Lipinski definition) is 1. The van der Waals surface area contributed by atoms with E-state index in [1.807, 2.05) is 25.7 Å². The molecule has 0 spiro atoms. The molecule has 102 valence electrons. The molecule has 0 fully saturated rings. The van der Waals surface area contributed by atoms with Crippen LogP contribution in [0.5, 0.6) is 0 Å². The summed E-state index contributed by atoms with van der Waals surface area (Å²) < 4.78 is 10.3. The van der Waals surface area contributed by atoms with E-state index in [9.17, 15) is 4.79 Å². The average Bonchev–Trinajstić information content (AvgIpc) is 2.32. The highest BCUT2D eigenvalue weighted by Gasteiger charge is 2.16. The number of amides is 1. The highest BCUT2D eigenvalue weighted by atomic mass is 16.7. The largest absolute Gasteiger partial charge is 0.354 e. The predicted octanol–water partition coefficient (Wildman–Crippen LogP) is 0.842. The molecule has 1 amide bonds. The molecule has 0 aromatic carbocycles. The summed E-state index contributed by atoms with van der Waals surface area (Å²) in [5.41, 5.74) is 0. The van der Waals surface area contributed by atoms with E-state index in [-0.39, 0.29) is 18.2 Å². The zero-order valence-corrected chi connectivity index (χ0v) is 11.7. The van der Waals surface area contributed by atoms with Gasteiger partial charge in [-0.1, -0.05) is 0 Å². The van der Waals surface area contributed by atoms with Gasteiger partial charge in [-0.05, 0) is 20.8 Å². The number of carbonyl (C=O) groups is 1. The van der Waals surface area contributed by atoms with E-state index in [1.54, 1.807) is 14.2 Å². The maximum absolute atomic E-state index is 11.7. The van der Waals surface area contributed by atoms with Gasteiger partial charge in [0.2, 0.25) is 5.91 Å². The lowest BCUT2D eigenvalue weighted by atomic mass is 10.3. The van der Waals surface area contributed by atoms with Gasteiger partial charge < -0.3 is 19.7 Å².